The zero-order chi connectivity index (χ0) is 11.3. The average molecular weight is 205 g/mol. The van der Waals surface area contributed by atoms with Crippen LogP contribution in [0.5, 0.6) is 0 Å². The van der Waals surface area contributed by atoms with Crippen LogP contribution in [0.1, 0.15) is 37.0 Å². The molecule has 0 aliphatic rings. The van der Waals surface area contributed by atoms with Gasteiger partial charge in [0.05, 0.1) is 0 Å². The molecule has 0 aliphatic carbocycles. The van der Waals surface area contributed by atoms with Crippen LogP contribution in [0.4, 0.5) is 0 Å². The predicted molar refractivity (Wildman–Crippen MR) is 62.8 cm³/mol. The maximum absolute atomic E-state index is 12.3. The molecule has 82 valence electrons. The highest BCUT2D eigenvalue weighted by Gasteiger charge is 2.33. The predicted octanol–water partition coefficient (Wildman–Crippen LogP) is 2.63. The molecule has 2 N–H and O–H groups in total. The average Bonchev–Trinajstić information content (AvgIpc) is 2.33. The van der Waals surface area contributed by atoms with E-state index in [9.17, 15) is 4.79 Å². The lowest BCUT2D eigenvalue weighted by atomic mass is 9.76. The number of hydrogen-bond donors (Lipinski definition) is 1. The lowest BCUT2D eigenvalue weighted by Crippen LogP contribution is -2.37. The van der Waals surface area contributed by atoms with Crippen molar-refractivity contribution in [2.24, 2.45) is 11.1 Å². The maximum Gasteiger partial charge on any atom is 0.170 e. The summed E-state index contributed by atoms with van der Waals surface area (Å²) in [7, 11) is 0. The Kier molecular flexibility index (Phi) is 4.04. The highest BCUT2D eigenvalue weighted by Crippen LogP contribution is 2.29. The first-order chi connectivity index (χ1) is 7.20. The second-order valence-electron chi connectivity index (χ2n) is 3.89. The monoisotopic (exact) mass is 205 g/mol. The van der Waals surface area contributed by atoms with Crippen LogP contribution in [0, 0.1) is 5.41 Å². The summed E-state index contributed by atoms with van der Waals surface area (Å²) >= 11 is 0. The van der Waals surface area contributed by atoms with E-state index >= 15 is 0 Å². The molecule has 0 bridgehead atoms. The van der Waals surface area contributed by atoms with Crippen LogP contribution in [0.25, 0.3) is 0 Å². The molecular weight excluding hydrogens is 186 g/mol. The van der Waals surface area contributed by atoms with Gasteiger partial charge < -0.3 is 5.73 Å². The van der Waals surface area contributed by atoms with Crippen LogP contribution in [0.3, 0.4) is 0 Å². The number of nitrogens with two attached hydrogens (primary N) is 1. The van der Waals surface area contributed by atoms with E-state index in [1.54, 1.807) is 0 Å². The molecule has 0 aromatic heterocycles. The summed E-state index contributed by atoms with van der Waals surface area (Å²) in [6.45, 7) is 4.47. The fourth-order valence-corrected chi connectivity index (χ4v) is 1.85. The molecule has 1 aromatic rings. The largest absolute Gasteiger partial charge is 0.329 e. The minimum Gasteiger partial charge on any atom is -0.329 e. The molecule has 0 radical (unpaired) electrons. The number of rotatable bonds is 5. The normalized spacial score (nSPS) is 11.4. The number of Topliss-reactive ketones (excluding diaryl/α,β-unsaturated/α-hetero) is 1. The number of carbonyl (C=O) groups is 1. The zero-order valence-electron chi connectivity index (χ0n) is 9.49. The molecule has 15 heavy (non-hydrogen) atoms. The number of hydrogen-bond acceptors (Lipinski definition) is 2. The Morgan fingerprint density at radius 3 is 2.13 bits per heavy atom. The van der Waals surface area contributed by atoms with Gasteiger partial charge in [0.15, 0.2) is 5.78 Å². The lowest BCUT2D eigenvalue weighted by Gasteiger charge is -2.28. The fourth-order valence-electron chi connectivity index (χ4n) is 1.85. The summed E-state index contributed by atoms with van der Waals surface area (Å²) < 4.78 is 0. The molecule has 0 saturated carbocycles. The first-order valence-electron chi connectivity index (χ1n) is 5.50. The number of carbonyl (C=O) groups excluding carboxylic acids is 1. The molecule has 0 saturated heterocycles. The second kappa shape index (κ2) is 5.08. The van der Waals surface area contributed by atoms with Gasteiger partial charge in [-0.25, -0.2) is 0 Å². The maximum atomic E-state index is 12.3. The van der Waals surface area contributed by atoms with Crippen LogP contribution in [-0.4, -0.2) is 12.3 Å². The van der Waals surface area contributed by atoms with E-state index in [1.807, 2.05) is 44.2 Å². The third kappa shape index (κ3) is 2.26. The third-order valence-corrected chi connectivity index (χ3v) is 3.26. The molecule has 0 fully saturated rings. The third-order valence-electron chi connectivity index (χ3n) is 3.26. The van der Waals surface area contributed by atoms with Gasteiger partial charge in [0, 0.05) is 17.5 Å². The molecule has 2 heteroatoms. The Bertz CT molecular complexity index is 306. The Hall–Kier alpha value is -1.15. The minimum atomic E-state index is -0.374. The van der Waals surface area contributed by atoms with Crippen molar-refractivity contribution in [3.05, 3.63) is 35.9 Å². The van der Waals surface area contributed by atoms with E-state index < -0.39 is 0 Å². The van der Waals surface area contributed by atoms with Gasteiger partial charge in [-0.3, -0.25) is 4.79 Å². The second-order valence-corrected chi connectivity index (χ2v) is 3.89. The molecular formula is C13H19NO. The van der Waals surface area contributed by atoms with Crippen LogP contribution in [0.2, 0.25) is 0 Å². The van der Waals surface area contributed by atoms with E-state index in [1.165, 1.54) is 0 Å². The van der Waals surface area contributed by atoms with E-state index in [4.69, 9.17) is 5.73 Å². The Morgan fingerprint density at radius 2 is 1.73 bits per heavy atom. The van der Waals surface area contributed by atoms with Gasteiger partial charge in [-0.2, -0.15) is 0 Å². The summed E-state index contributed by atoms with van der Waals surface area (Å²) in [4.78, 5) is 12.3. The summed E-state index contributed by atoms with van der Waals surface area (Å²) in [5.74, 6) is 0.176. The Balaban J connectivity index is 3.01. The molecule has 0 unspecified atom stereocenters. The molecule has 0 amide bonds. The van der Waals surface area contributed by atoms with Crippen molar-refractivity contribution in [2.45, 2.75) is 26.7 Å². The molecule has 2 nitrogen and oxygen atoms in total. The Labute approximate surface area is 91.5 Å². The van der Waals surface area contributed by atoms with Gasteiger partial charge in [-0.15, -0.1) is 0 Å². The van der Waals surface area contributed by atoms with Gasteiger partial charge >= 0.3 is 0 Å². The summed E-state index contributed by atoms with van der Waals surface area (Å²) in [5.41, 5.74) is 6.14. The van der Waals surface area contributed by atoms with Crippen LogP contribution in [-0.2, 0) is 0 Å². The van der Waals surface area contributed by atoms with Gasteiger partial charge in [0.1, 0.15) is 0 Å². The fraction of sp³-hybridized carbons (Fsp3) is 0.462. The molecule has 0 aliphatic heterocycles. The topological polar surface area (TPSA) is 43.1 Å². The molecule has 0 atom stereocenters. The molecule has 0 spiro atoms. The van der Waals surface area contributed by atoms with E-state index in [-0.39, 0.29) is 11.2 Å². The van der Waals surface area contributed by atoms with Crippen molar-refractivity contribution >= 4 is 5.78 Å². The van der Waals surface area contributed by atoms with Crippen LogP contribution in [0.15, 0.2) is 30.3 Å². The number of benzene rings is 1. The van der Waals surface area contributed by atoms with E-state index in [2.05, 4.69) is 0 Å². The lowest BCUT2D eigenvalue weighted by molar-refractivity contribution is 0.0787. The van der Waals surface area contributed by atoms with Gasteiger partial charge in [0.2, 0.25) is 0 Å². The first-order valence-corrected chi connectivity index (χ1v) is 5.50. The standard InChI is InChI=1S/C13H19NO/c1-3-13(4-2,10-14)12(15)11-8-6-5-7-9-11/h5-9H,3-4,10,14H2,1-2H3. The highest BCUT2D eigenvalue weighted by atomic mass is 16.1. The van der Waals surface area contributed by atoms with Crippen LogP contribution < -0.4 is 5.73 Å². The van der Waals surface area contributed by atoms with Crippen molar-refractivity contribution in [2.75, 3.05) is 6.54 Å². The summed E-state index contributed by atoms with van der Waals surface area (Å²) in [6, 6.07) is 9.41. The summed E-state index contributed by atoms with van der Waals surface area (Å²) in [5, 5.41) is 0. The van der Waals surface area contributed by atoms with Crippen molar-refractivity contribution in [1.29, 1.82) is 0 Å². The van der Waals surface area contributed by atoms with E-state index in [0.29, 0.717) is 6.54 Å². The zero-order valence-corrected chi connectivity index (χ0v) is 9.49. The molecule has 1 aromatic carbocycles. The van der Waals surface area contributed by atoms with Gasteiger partial charge in [0.25, 0.3) is 0 Å². The SMILES string of the molecule is CCC(CC)(CN)C(=O)c1ccccc1. The highest BCUT2D eigenvalue weighted by molar-refractivity contribution is 6.00. The first kappa shape index (κ1) is 11.9. The minimum absolute atomic E-state index is 0.176. The summed E-state index contributed by atoms with van der Waals surface area (Å²) in [6.07, 6.45) is 1.60. The van der Waals surface area contributed by atoms with Gasteiger partial charge in [-0.05, 0) is 12.8 Å². The van der Waals surface area contributed by atoms with Gasteiger partial charge in [-0.1, -0.05) is 44.2 Å². The van der Waals surface area contributed by atoms with Crippen molar-refractivity contribution in [3.63, 3.8) is 0 Å². The smallest absolute Gasteiger partial charge is 0.170 e. The quantitative estimate of drug-likeness (QED) is 0.751. The number of ketones is 1. The van der Waals surface area contributed by atoms with Crippen LogP contribution >= 0.6 is 0 Å². The molecule has 0 heterocycles. The Morgan fingerprint density at radius 1 is 1.20 bits per heavy atom. The van der Waals surface area contributed by atoms with E-state index in [0.717, 1.165) is 18.4 Å². The van der Waals surface area contributed by atoms with Crippen molar-refractivity contribution in [3.8, 4) is 0 Å². The van der Waals surface area contributed by atoms with Crippen molar-refractivity contribution in [1.82, 2.24) is 0 Å². The van der Waals surface area contributed by atoms with Crippen molar-refractivity contribution < 1.29 is 4.79 Å². The molecule has 1 rings (SSSR count).